The molecule has 2 aliphatic rings. The van der Waals surface area contributed by atoms with Gasteiger partial charge in [0.15, 0.2) is 0 Å². The molecule has 2 rings (SSSR count). The zero-order valence-electron chi connectivity index (χ0n) is 9.81. The molecule has 17 heavy (non-hydrogen) atoms. The van der Waals surface area contributed by atoms with Gasteiger partial charge in [-0.3, -0.25) is 4.79 Å². The molecule has 0 spiro atoms. The molecule has 1 atom stereocenters. The van der Waals surface area contributed by atoms with Crippen molar-refractivity contribution in [3.63, 3.8) is 0 Å². The van der Waals surface area contributed by atoms with Crippen LogP contribution in [0.2, 0.25) is 0 Å². The third-order valence-electron chi connectivity index (χ3n) is 4.07. The smallest absolute Gasteiger partial charge is 0.324 e. The normalized spacial score (nSPS) is 34.4. The Morgan fingerprint density at radius 3 is 2.35 bits per heavy atom. The lowest BCUT2D eigenvalue weighted by atomic mass is 9.75. The summed E-state index contributed by atoms with van der Waals surface area (Å²) in [7, 11) is -2.93. The van der Waals surface area contributed by atoms with Gasteiger partial charge in [0.25, 0.3) is 0 Å². The topological polar surface area (TPSA) is 83.5 Å². The van der Waals surface area contributed by atoms with Crippen molar-refractivity contribution in [3.05, 3.63) is 0 Å². The van der Waals surface area contributed by atoms with E-state index in [0.717, 1.165) is 19.4 Å². The molecule has 98 valence electrons. The second kappa shape index (κ2) is 4.57. The number of carbonyl (C=O) groups is 1. The predicted molar refractivity (Wildman–Crippen MR) is 63.6 cm³/mol. The Kier molecular flexibility index (Phi) is 3.45. The van der Waals surface area contributed by atoms with Crippen LogP contribution in [0.3, 0.4) is 0 Å². The molecule has 2 fully saturated rings. The summed E-state index contributed by atoms with van der Waals surface area (Å²) in [5.41, 5.74) is -0.881. The van der Waals surface area contributed by atoms with E-state index in [2.05, 4.69) is 5.32 Å². The molecule has 0 amide bonds. The fourth-order valence-corrected chi connectivity index (χ4v) is 4.51. The third kappa shape index (κ3) is 2.47. The van der Waals surface area contributed by atoms with E-state index in [1.54, 1.807) is 0 Å². The number of rotatable bonds is 2. The molecule has 2 saturated heterocycles. The number of aliphatic carboxylic acids is 1. The van der Waals surface area contributed by atoms with Crippen molar-refractivity contribution in [2.75, 3.05) is 18.1 Å². The summed E-state index contributed by atoms with van der Waals surface area (Å²) in [4.78, 5) is 11.5. The minimum Gasteiger partial charge on any atom is -0.480 e. The van der Waals surface area contributed by atoms with Gasteiger partial charge in [-0.2, -0.15) is 0 Å². The Labute approximate surface area is 102 Å². The summed E-state index contributed by atoms with van der Waals surface area (Å²) >= 11 is 0. The molecule has 5 nitrogen and oxygen atoms in total. The van der Waals surface area contributed by atoms with Crippen LogP contribution in [0.1, 0.15) is 32.1 Å². The number of carboxylic acid groups (broad SMARTS) is 1. The average Bonchev–Trinajstić information content (AvgIpc) is 2.29. The summed E-state index contributed by atoms with van der Waals surface area (Å²) in [5, 5.41) is 12.6. The highest BCUT2D eigenvalue weighted by atomic mass is 32.2. The van der Waals surface area contributed by atoms with Gasteiger partial charge in [-0.05, 0) is 44.6 Å². The molecule has 0 radical (unpaired) electrons. The van der Waals surface area contributed by atoms with Gasteiger partial charge < -0.3 is 10.4 Å². The highest BCUT2D eigenvalue weighted by Crippen LogP contribution is 2.35. The van der Waals surface area contributed by atoms with Crippen LogP contribution in [0.5, 0.6) is 0 Å². The highest BCUT2D eigenvalue weighted by molar-refractivity contribution is 7.91. The first kappa shape index (κ1) is 12.8. The Bertz CT molecular complexity index is 384. The Morgan fingerprint density at radius 2 is 1.88 bits per heavy atom. The zero-order chi connectivity index (χ0) is 12.5. The fourth-order valence-electron chi connectivity index (χ4n) is 3.02. The maximum absolute atomic E-state index is 11.5. The van der Waals surface area contributed by atoms with Crippen molar-refractivity contribution in [3.8, 4) is 0 Å². The summed E-state index contributed by atoms with van der Waals surface area (Å²) in [6.45, 7) is 0.718. The highest BCUT2D eigenvalue weighted by Gasteiger charge is 2.47. The van der Waals surface area contributed by atoms with Crippen LogP contribution in [0, 0.1) is 5.92 Å². The van der Waals surface area contributed by atoms with Gasteiger partial charge in [0, 0.05) is 0 Å². The monoisotopic (exact) mass is 261 g/mol. The maximum atomic E-state index is 11.5. The van der Waals surface area contributed by atoms with Crippen LogP contribution < -0.4 is 5.32 Å². The molecule has 2 aliphatic heterocycles. The molecule has 6 heteroatoms. The van der Waals surface area contributed by atoms with Gasteiger partial charge in [0.2, 0.25) is 0 Å². The van der Waals surface area contributed by atoms with Gasteiger partial charge in [-0.15, -0.1) is 0 Å². The number of sulfone groups is 1. The van der Waals surface area contributed by atoms with E-state index < -0.39 is 21.3 Å². The second-order valence-corrected chi connectivity index (χ2v) is 7.39. The van der Waals surface area contributed by atoms with Crippen LogP contribution in [-0.2, 0) is 14.6 Å². The largest absolute Gasteiger partial charge is 0.480 e. The fraction of sp³-hybridized carbons (Fsp3) is 0.909. The van der Waals surface area contributed by atoms with Crippen molar-refractivity contribution in [2.24, 2.45) is 5.92 Å². The van der Waals surface area contributed by atoms with Gasteiger partial charge in [-0.1, -0.05) is 0 Å². The minimum absolute atomic E-state index is 0.0520. The molecule has 0 aliphatic carbocycles. The van der Waals surface area contributed by atoms with Crippen LogP contribution in [-0.4, -0.2) is 43.1 Å². The Morgan fingerprint density at radius 1 is 1.24 bits per heavy atom. The molecule has 0 saturated carbocycles. The van der Waals surface area contributed by atoms with Gasteiger partial charge in [0.05, 0.1) is 11.5 Å². The number of hydrogen-bond acceptors (Lipinski definition) is 4. The molecular formula is C11H19NO4S. The quantitative estimate of drug-likeness (QED) is 0.752. The van der Waals surface area contributed by atoms with Gasteiger partial charge in [-0.25, -0.2) is 8.42 Å². The molecule has 0 aromatic heterocycles. The molecule has 0 bridgehead atoms. The predicted octanol–water partition coefficient (Wildman–Crippen LogP) is 0.408. The van der Waals surface area contributed by atoms with Crippen LogP contribution >= 0.6 is 0 Å². The van der Waals surface area contributed by atoms with E-state index in [-0.39, 0.29) is 17.4 Å². The van der Waals surface area contributed by atoms with Crippen molar-refractivity contribution in [1.29, 1.82) is 0 Å². The number of piperidine rings is 1. The van der Waals surface area contributed by atoms with E-state index in [1.807, 2.05) is 0 Å². The molecule has 1 unspecified atom stereocenters. The maximum Gasteiger partial charge on any atom is 0.324 e. The standard InChI is InChI=1S/C11H19NO4S/c13-10(14)11(5-1-2-6-12-11)9-3-7-17(15,16)8-4-9/h9,12H,1-8H2,(H,13,14). The van der Waals surface area contributed by atoms with E-state index in [0.29, 0.717) is 19.3 Å². The SMILES string of the molecule is O=C(O)C1(C2CCS(=O)(=O)CC2)CCCCN1. The first-order valence-electron chi connectivity index (χ1n) is 6.15. The Hall–Kier alpha value is -0.620. The number of carboxylic acids is 1. The zero-order valence-corrected chi connectivity index (χ0v) is 10.6. The third-order valence-corrected chi connectivity index (χ3v) is 5.79. The van der Waals surface area contributed by atoms with Crippen LogP contribution in [0.4, 0.5) is 0 Å². The summed E-state index contributed by atoms with van der Waals surface area (Å²) < 4.78 is 22.8. The van der Waals surface area contributed by atoms with Gasteiger partial charge >= 0.3 is 5.97 Å². The van der Waals surface area contributed by atoms with E-state index in [9.17, 15) is 18.3 Å². The molecule has 2 N–H and O–H groups in total. The summed E-state index contributed by atoms with van der Waals surface area (Å²) in [6.07, 6.45) is 3.47. The van der Waals surface area contributed by atoms with Crippen LogP contribution in [0.25, 0.3) is 0 Å². The van der Waals surface area contributed by atoms with Crippen molar-refractivity contribution in [1.82, 2.24) is 5.32 Å². The molecular weight excluding hydrogens is 242 g/mol. The van der Waals surface area contributed by atoms with Crippen LogP contribution in [0.15, 0.2) is 0 Å². The Balaban J connectivity index is 2.15. The first-order chi connectivity index (χ1) is 7.96. The molecule has 0 aromatic rings. The number of nitrogens with one attached hydrogen (secondary N) is 1. The van der Waals surface area contributed by atoms with Gasteiger partial charge in [0.1, 0.15) is 15.4 Å². The lowest BCUT2D eigenvalue weighted by Gasteiger charge is -2.42. The molecule has 2 heterocycles. The van der Waals surface area contributed by atoms with E-state index in [4.69, 9.17) is 0 Å². The van der Waals surface area contributed by atoms with E-state index in [1.165, 1.54) is 0 Å². The second-order valence-electron chi connectivity index (χ2n) is 5.09. The average molecular weight is 261 g/mol. The summed E-state index contributed by atoms with van der Waals surface area (Å²) in [6, 6.07) is 0. The minimum atomic E-state index is -2.93. The number of hydrogen-bond donors (Lipinski definition) is 2. The van der Waals surface area contributed by atoms with Crippen molar-refractivity contribution < 1.29 is 18.3 Å². The van der Waals surface area contributed by atoms with E-state index >= 15 is 0 Å². The molecule has 0 aromatic carbocycles. The lowest BCUT2D eigenvalue weighted by Crippen LogP contribution is -2.60. The van der Waals surface area contributed by atoms with Crippen molar-refractivity contribution >= 4 is 15.8 Å². The summed E-state index contributed by atoms with van der Waals surface area (Å²) in [5.74, 6) is -0.603. The lowest BCUT2D eigenvalue weighted by molar-refractivity contribution is -0.149. The first-order valence-corrected chi connectivity index (χ1v) is 7.97. The van der Waals surface area contributed by atoms with Crippen molar-refractivity contribution in [2.45, 2.75) is 37.6 Å².